The summed E-state index contributed by atoms with van der Waals surface area (Å²) in [6.45, 7) is 5.70. The Morgan fingerprint density at radius 2 is 1.81 bits per heavy atom. The van der Waals surface area contributed by atoms with E-state index in [1.54, 1.807) is 0 Å². The molecule has 1 aliphatic rings. The molecule has 1 unspecified atom stereocenters. The van der Waals surface area contributed by atoms with E-state index < -0.39 is 11.2 Å². The van der Waals surface area contributed by atoms with Crippen LogP contribution in [0.5, 0.6) is 0 Å². The molecule has 3 N–H and O–H groups in total. The SMILES string of the molecule is Cc1nc(SC(C(=O)NC2CC2)c2ccccc2)c(C(N)=O)c(C)c1C. The second-order valence-electron chi connectivity index (χ2n) is 6.68. The standard InChI is InChI=1S/C20H23N3O2S/c1-11-12(2)16(18(21)24)20(22-13(11)3)26-17(14-7-5-4-6-8-14)19(25)23-15-9-10-15/h4-8,15,17H,9-10H2,1-3H3,(H2,21,24)(H,23,25). The van der Waals surface area contributed by atoms with E-state index in [0.717, 1.165) is 35.2 Å². The number of thioether (sulfide) groups is 1. The van der Waals surface area contributed by atoms with Gasteiger partial charge in [-0.2, -0.15) is 0 Å². The zero-order chi connectivity index (χ0) is 18.8. The molecule has 3 rings (SSSR count). The zero-order valence-electron chi connectivity index (χ0n) is 15.2. The fourth-order valence-electron chi connectivity index (χ4n) is 2.80. The maximum Gasteiger partial charge on any atom is 0.251 e. The highest BCUT2D eigenvalue weighted by molar-refractivity contribution is 8.00. The Labute approximate surface area is 157 Å². The van der Waals surface area contributed by atoms with E-state index in [4.69, 9.17) is 5.73 Å². The fourth-order valence-corrected chi connectivity index (χ4v) is 4.06. The molecule has 1 aromatic carbocycles. The Bertz CT molecular complexity index is 848. The third-order valence-electron chi connectivity index (χ3n) is 4.70. The number of benzene rings is 1. The van der Waals surface area contributed by atoms with Crippen LogP contribution in [-0.4, -0.2) is 22.8 Å². The van der Waals surface area contributed by atoms with E-state index in [9.17, 15) is 9.59 Å². The first-order valence-electron chi connectivity index (χ1n) is 8.68. The zero-order valence-corrected chi connectivity index (χ0v) is 16.0. The van der Waals surface area contributed by atoms with Gasteiger partial charge in [0.2, 0.25) is 5.91 Å². The van der Waals surface area contributed by atoms with Crippen molar-refractivity contribution in [3.63, 3.8) is 0 Å². The number of aromatic nitrogens is 1. The van der Waals surface area contributed by atoms with Crippen LogP contribution in [0.15, 0.2) is 35.4 Å². The van der Waals surface area contributed by atoms with E-state index in [-0.39, 0.29) is 11.9 Å². The molecule has 0 radical (unpaired) electrons. The molecule has 0 spiro atoms. The first-order chi connectivity index (χ1) is 12.4. The predicted molar refractivity (Wildman–Crippen MR) is 103 cm³/mol. The monoisotopic (exact) mass is 369 g/mol. The number of pyridine rings is 1. The topological polar surface area (TPSA) is 85.1 Å². The normalized spacial score (nSPS) is 14.7. The maximum absolute atomic E-state index is 12.8. The molecule has 5 nitrogen and oxygen atoms in total. The van der Waals surface area contributed by atoms with E-state index in [1.807, 2.05) is 51.1 Å². The second-order valence-corrected chi connectivity index (χ2v) is 7.78. The van der Waals surface area contributed by atoms with E-state index in [1.165, 1.54) is 11.8 Å². The molecule has 2 aromatic rings. The molecule has 1 aliphatic carbocycles. The number of hydrogen-bond acceptors (Lipinski definition) is 4. The quantitative estimate of drug-likeness (QED) is 0.766. The molecule has 6 heteroatoms. The van der Waals surface area contributed by atoms with Crippen molar-refractivity contribution in [2.75, 3.05) is 0 Å². The van der Waals surface area contributed by atoms with E-state index in [2.05, 4.69) is 10.3 Å². The van der Waals surface area contributed by atoms with Crippen LogP contribution in [0.2, 0.25) is 0 Å². The van der Waals surface area contributed by atoms with Gasteiger partial charge in [-0.05, 0) is 50.3 Å². The van der Waals surface area contributed by atoms with Crippen LogP contribution in [-0.2, 0) is 4.79 Å². The molecule has 1 heterocycles. The number of nitrogens with two attached hydrogens (primary N) is 1. The van der Waals surface area contributed by atoms with Gasteiger partial charge in [-0.3, -0.25) is 9.59 Å². The third kappa shape index (κ3) is 3.90. The summed E-state index contributed by atoms with van der Waals surface area (Å²) in [5.74, 6) is -0.577. The molecule has 1 atom stereocenters. The number of hydrogen-bond donors (Lipinski definition) is 2. The van der Waals surface area contributed by atoms with Crippen LogP contribution in [0.4, 0.5) is 0 Å². The fraction of sp³-hybridized carbons (Fsp3) is 0.350. The van der Waals surface area contributed by atoms with Crippen molar-refractivity contribution in [3.05, 3.63) is 58.3 Å². The molecule has 26 heavy (non-hydrogen) atoms. The molecule has 1 saturated carbocycles. The van der Waals surface area contributed by atoms with Crippen molar-refractivity contribution in [2.45, 2.75) is 49.9 Å². The first-order valence-corrected chi connectivity index (χ1v) is 9.56. The highest BCUT2D eigenvalue weighted by Gasteiger charge is 2.31. The van der Waals surface area contributed by atoms with Crippen LogP contribution >= 0.6 is 11.8 Å². The maximum atomic E-state index is 12.8. The smallest absolute Gasteiger partial charge is 0.251 e. The summed E-state index contributed by atoms with van der Waals surface area (Å²) in [7, 11) is 0. The number of primary amides is 1. The second kappa shape index (κ2) is 7.50. The summed E-state index contributed by atoms with van der Waals surface area (Å²) in [4.78, 5) is 29.5. The minimum atomic E-state index is -0.519. The summed E-state index contributed by atoms with van der Waals surface area (Å²) < 4.78 is 0. The van der Waals surface area contributed by atoms with Gasteiger partial charge in [0.1, 0.15) is 10.3 Å². The predicted octanol–water partition coefficient (Wildman–Crippen LogP) is 3.22. The Morgan fingerprint density at radius 1 is 1.15 bits per heavy atom. The number of carbonyl (C=O) groups is 2. The molecule has 1 fully saturated rings. The molecule has 2 amide bonds. The van der Waals surface area contributed by atoms with Crippen LogP contribution in [0.25, 0.3) is 0 Å². The Balaban J connectivity index is 2.01. The highest BCUT2D eigenvalue weighted by atomic mass is 32.2. The van der Waals surface area contributed by atoms with E-state index >= 15 is 0 Å². The Kier molecular flexibility index (Phi) is 5.32. The molecule has 0 bridgehead atoms. The van der Waals surface area contributed by atoms with Crippen molar-refractivity contribution in [2.24, 2.45) is 5.73 Å². The van der Waals surface area contributed by atoms with Gasteiger partial charge in [-0.15, -0.1) is 0 Å². The van der Waals surface area contributed by atoms with Gasteiger partial charge < -0.3 is 11.1 Å². The van der Waals surface area contributed by atoms with Crippen LogP contribution < -0.4 is 11.1 Å². The van der Waals surface area contributed by atoms with Crippen LogP contribution in [0, 0.1) is 20.8 Å². The first kappa shape index (κ1) is 18.5. The lowest BCUT2D eigenvalue weighted by Crippen LogP contribution is -2.30. The summed E-state index contributed by atoms with van der Waals surface area (Å²) in [5.41, 5.74) is 9.51. The van der Waals surface area contributed by atoms with Crippen molar-refractivity contribution >= 4 is 23.6 Å². The van der Waals surface area contributed by atoms with Crippen molar-refractivity contribution in [1.82, 2.24) is 10.3 Å². The number of rotatable bonds is 6. The molecule has 136 valence electrons. The number of amides is 2. The number of aryl methyl sites for hydroxylation is 1. The lowest BCUT2D eigenvalue weighted by Gasteiger charge is -2.19. The largest absolute Gasteiger partial charge is 0.366 e. The van der Waals surface area contributed by atoms with Gasteiger partial charge in [0.15, 0.2) is 0 Å². The third-order valence-corrected chi connectivity index (χ3v) is 5.94. The summed E-state index contributed by atoms with van der Waals surface area (Å²) in [5, 5.41) is 3.09. The van der Waals surface area contributed by atoms with Gasteiger partial charge in [-0.1, -0.05) is 42.1 Å². The van der Waals surface area contributed by atoms with Crippen LogP contribution in [0.1, 0.15) is 50.8 Å². The van der Waals surface area contributed by atoms with Crippen molar-refractivity contribution in [1.29, 1.82) is 0 Å². The minimum absolute atomic E-state index is 0.0585. The minimum Gasteiger partial charge on any atom is -0.366 e. The molecule has 0 saturated heterocycles. The van der Waals surface area contributed by atoms with Gasteiger partial charge >= 0.3 is 0 Å². The number of carbonyl (C=O) groups excluding carboxylic acids is 2. The molecular weight excluding hydrogens is 346 g/mol. The Morgan fingerprint density at radius 3 is 2.38 bits per heavy atom. The van der Waals surface area contributed by atoms with Gasteiger partial charge in [0.25, 0.3) is 5.91 Å². The lowest BCUT2D eigenvalue weighted by molar-refractivity contribution is -0.120. The van der Waals surface area contributed by atoms with Gasteiger partial charge in [-0.25, -0.2) is 4.98 Å². The molecule has 0 aliphatic heterocycles. The average molecular weight is 369 g/mol. The van der Waals surface area contributed by atoms with Crippen molar-refractivity contribution < 1.29 is 9.59 Å². The summed E-state index contributed by atoms with van der Waals surface area (Å²) in [6.07, 6.45) is 2.04. The molecule has 1 aromatic heterocycles. The number of nitrogens with one attached hydrogen (secondary N) is 1. The average Bonchev–Trinajstić information content (AvgIpc) is 3.41. The molecular formula is C20H23N3O2S. The Hall–Kier alpha value is -2.34. The van der Waals surface area contributed by atoms with Gasteiger partial charge in [0.05, 0.1) is 5.56 Å². The summed E-state index contributed by atoms with van der Waals surface area (Å²) in [6, 6.07) is 9.82. The highest BCUT2D eigenvalue weighted by Crippen LogP contribution is 2.38. The van der Waals surface area contributed by atoms with E-state index in [0.29, 0.717) is 10.6 Å². The summed E-state index contributed by atoms with van der Waals surface area (Å²) >= 11 is 1.29. The van der Waals surface area contributed by atoms with Crippen LogP contribution in [0.3, 0.4) is 0 Å². The van der Waals surface area contributed by atoms with Gasteiger partial charge in [0, 0.05) is 11.7 Å². The van der Waals surface area contributed by atoms with Crippen molar-refractivity contribution in [3.8, 4) is 0 Å². The lowest BCUT2D eigenvalue weighted by atomic mass is 10.0. The number of nitrogens with zero attached hydrogens (tertiary/aromatic N) is 1.